The van der Waals surface area contributed by atoms with Crippen molar-refractivity contribution in [3.8, 4) is 10.4 Å². The third-order valence-corrected chi connectivity index (χ3v) is 3.69. The van der Waals surface area contributed by atoms with Crippen molar-refractivity contribution in [3.63, 3.8) is 0 Å². The van der Waals surface area contributed by atoms with E-state index < -0.39 is 0 Å². The molecule has 0 nitrogen and oxygen atoms in total. The summed E-state index contributed by atoms with van der Waals surface area (Å²) in [4.78, 5) is 1.36. The molecule has 0 radical (unpaired) electrons. The maximum absolute atomic E-state index is 2.28. The van der Waals surface area contributed by atoms with Gasteiger partial charge in [-0.2, -0.15) is 0 Å². The summed E-state index contributed by atoms with van der Waals surface area (Å²) >= 11 is 1.80. The highest BCUT2D eigenvalue weighted by Crippen LogP contribution is 2.25. The average molecular weight is 230 g/mol. The van der Waals surface area contributed by atoms with Crippen LogP contribution in [0.15, 0.2) is 41.8 Å². The van der Waals surface area contributed by atoms with Crippen molar-refractivity contribution in [2.75, 3.05) is 0 Å². The van der Waals surface area contributed by atoms with Gasteiger partial charge < -0.3 is 0 Å². The highest BCUT2D eigenvalue weighted by Gasteiger charge is 2.00. The van der Waals surface area contributed by atoms with E-state index in [1.54, 1.807) is 11.3 Å². The Bertz CT molecular complexity index is 409. The van der Waals surface area contributed by atoms with Gasteiger partial charge in [-0.25, -0.2) is 0 Å². The molecule has 0 bridgehead atoms. The molecule has 1 heteroatoms. The van der Waals surface area contributed by atoms with Gasteiger partial charge in [-0.3, -0.25) is 0 Å². The number of rotatable bonds is 4. The predicted octanol–water partition coefficient (Wildman–Crippen LogP) is 5.00. The first-order valence-corrected chi connectivity index (χ1v) is 6.76. The lowest BCUT2D eigenvalue weighted by Gasteiger charge is -2.05. The Hall–Kier alpha value is -1.08. The van der Waals surface area contributed by atoms with Crippen molar-refractivity contribution in [2.45, 2.75) is 26.7 Å². The fourth-order valence-corrected chi connectivity index (χ4v) is 2.47. The molecule has 16 heavy (non-hydrogen) atoms. The molecule has 84 valence electrons. The Balaban J connectivity index is 2.05. The average Bonchev–Trinajstić information content (AvgIpc) is 2.80. The van der Waals surface area contributed by atoms with Crippen LogP contribution in [0.1, 0.15) is 25.8 Å². The van der Waals surface area contributed by atoms with Crippen molar-refractivity contribution in [2.24, 2.45) is 5.92 Å². The van der Waals surface area contributed by atoms with E-state index in [0.717, 1.165) is 5.92 Å². The van der Waals surface area contributed by atoms with Crippen molar-refractivity contribution in [1.29, 1.82) is 0 Å². The van der Waals surface area contributed by atoms with E-state index in [1.165, 1.54) is 28.8 Å². The summed E-state index contributed by atoms with van der Waals surface area (Å²) < 4.78 is 0. The van der Waals surface area contributed by atoms with Gasteiger partial charge in [0, 0.05) is 4.88 Å². The van der Waals surface area contributed by atoms with Crippen molar-refractivity contribution in [1.82, 2.24) is 0 Å². The molecule has 0 atom stereocenters. The summed E-state index contributed by atoms with van der Waals surface area (Å²) in [5, 5.41) is 2.13. The molecule has 2 rings (SSSR count). The quantitative estimate of drug-likeness (QED) is 0.693. The molecule has 0 fully saturated rings. The van der Waals surface area contributed by atoms with Gasteiger partial charge in [-0.1, -0.05) is 44.2 Å². The third-order valence-electron chi connectivity index (χ3n) is 2.77. The van der Waals surface area contributed by atoms with Crippen LogP contribution in [0.4, 0.5) is 0 Å². The van der Waals surface area contributed by atoms with Crippen molar-refractivity contribution >= 4 is 11.3 Å². The number of aryl methyl sites for hydroxylation is 1. The van der Waals surface area contributed by atoms with Crippen LogP contribution in [0.25, 0.3) is 10.4 Å². The van der Waals surface area contributed by atoms with E-state index in [0.29, 0.717) is 0 Å². The first kappa shape index (κ1) is 11.4. The maximum Gasteiger partial charge on any atom is 0.0342 e. The van der Waals surface area contributed by atoms with Gasteiger partial charge in [0.25, 0.3) is 0 Å². The molecule has 1 heterocycles. The van der Waals surface area contributed by atoms with Gasteiger partial charge in [0.2, 0.25) is 0 Å². The second-order valence-electron chi connectivity index (χ2n) is 4.61. The largest absolute Gasteiger partial charge is 0.144 e. The Morgan fingerprint density at radius 1 is 1.06 bits per heavy atom. The first-order valence-electron chi connectivity index (χ1n) is 5.88. The molecule has 1 aromatic heterocycles. The molecular weight excluding hydrogens is 212 g/mol. The third kappa shape index (κ3) is 2.96. The number of benzene rings is 1. The smallest absolute Gasteiger partial charge is 0.0342 e. The Morgan fingerprint density at radius 2 is 1.81 bits per heavy atom. The highest BCUT2D eigenvalue weighted by atomic mass is 32.1. The highest BCUT2D eigenvalue weighted by molar-refractivity contribution is 7.13. The summed E-state index contributed by atoms with van der Waals surface area (Å²) in [6.07, 6.45) is 2.47. The normalized spacial score (nSPS) is 10.9. The SMILES string of the molecule is CC(C)CCc1ccc(-c2cccs2)cc1. The molecule has 0 aliphatic carbocycles. The summed E-state index contributed by atoms with van der Waals surface area (Å²) in [5.41, 5.74) is 2.79. The molecule has 0 saturated heterocycles. The zero-order valence-electron chi connectivity index (χ0n) is 9.94. The monoisotopic (exact) mass is 230 g/mol. The minimum absolute atomic E-state index is 0.789. The minimum atomic E-state index is 0.789. The van der Waals surface area contributed by atoms with Gasteiger partial charge in [-0.15, -0.1) is 11.3 Å². The van der Waals surface area contributed by atoms with E-state index in [2.05, 4.69) is 55.6 Å². The molecule has 0 unspecified atom stereocenters. The van der Waals surface area contributed by atoms with Crippen LogP contribution >= 0.6 is 11.3 Å². The number of hydrogen-bond acceptors (Lipinski definition) is 1. The molecule has 0 aliphatic rings. The second-order valence-corrected chi connectivity index (χ2v) is 5.55. The molecule has 0 spiro atoms. The lowest BCUT2D eigenvalue weighted by Crippen LogP contribution is -1.91. The Morgan fingerprint density at radius 3 is 2.38 bits per heavy atom. The van der Waals surface area contributed by atoms with Crippen molar-refractivity contribution < 1.29 is 0 Å². The van der Waals surface area contributed by atoms with Crippen LogP contribution < -0.4 is 0 Å². The summed E-state index contributed by atoms with van der Waals surface area (Å²) in [6, 6.07) is 13.3. The van der Waals surface area contributed by atoms with E-state index in [4.69, 9.17) is 0 Å². The standard InChI is InChI=1S/C15H18S/c1-12(2)5-6-13-7-9-14(10-8-13)15-4-3-11-16-15/h3-4,7-12H,5-6H2,1-2H3. The number of hydrogen-bond donors (Lipinski definition) is 0. The number of thiophene rings is 1. The van der Waals surface area contributed by atoms with E-state index in [9.17, 15) is 0 Å². The summed E-state index contributed by atoms with van der Waals surface area (Å²) in [5.74, 6) is 0.789. The van der Waals surface area contributed by atoms with Gasteiger partial charge in [0.05, 0.1) is 0 Å². The zero-order chi connectivity index (χ0) is 11.4. The summed E-state index contributed by atoms with van der Waals surface area (Å²) in [7, 11) is 0. The Labute approximate surface area is 102 Å². The predicted molar refractivity (Wildman–Crippen MR) is 72.9 cm³/mol. The maximum atomic E-state index is 2.28. The van der Waals surface area contributed by atoms with Crippen LogP contribution in [0.2, 0.25) is 0 Å². The van der Waals surface area contributed by atoms with Gasteiger partial charge in [0.15, 0.2) is 0 Å². The lowest BCUT2D eigenvalue weighted by molar-refractivity contribution is 0.587. The molecule has 2 aromatic rings. The van der Waals surface area contributed by atoms with Crippen LogP contribution in [0.5, 0.6) is 0 Å². The van der Waals surface area contributed by atoms with Crippen LogP contribution in [0, 0.1) is 5.92 Å². The van der Waals surface area contributed by atoms with Gasteiger partial charge in [-0.05, 0) is 41.3 Å². The minimum Gasteiger partial charge on any atom is -0.144 e. The molecule has 0 amide bonds. The fourth-order valence-electron chi connectivity index (χ4n) is 1.73. The molecular formula is C15H18S. The molecule has 0 N–H and O–H groups in total. The van der Waals surface area contributed by atoms with Gasteiger partial charge in [0.1, 0.15) is 0 Å². The molecule has 1 aromatic carbocycles. The van der Waals surface area contributed by atoms with Crippen LogP contribution in [-0.2, 0) is 6.42 Å². The van der Waals surface area contributed by atoms with Crippen LogP contribution in [-0.4, -0.2) is 0 Å². The van der Waals surface area contributed by atoms with Gasteiger partial charge >= 0.3 is 0 Å². The van der Waals surface area contributed by atoms with E-state index in [-0.39, 0.29) is 0 Å². The second kappa shape index (κ2) is 5.31. The van der Waals surface area contributed by atoms with E-state index in [1.807, 2.05) is 0 Å². The first-order chi connectivity index (χ1) is 7.75. The summed E-state index contributed by atoms with van der Waals surface area (Å²) in [6.45, 7) is 4.56. The topological polar surface area (TPSA) is 0 Å². The van der Waals surface area contributed by atoms with E-state index >= 15 is 0 Å². The Kier molecular flexibility index (Phi) is 3.79. The fraction of sp³-hybridized carbons (Fsp3) is 0.333. The lowest BCUT2D eigenvalue weighted by atomic mass is 10.0. The molecule has 0 saturated carbocycles. The van der Waals surface area contributed by atoms with Crippen LogP contribution in [0.3, 0.4) is 0 Å². The van der Waals surface area contributed by atoms with Crippen molar-refractivity contribution in [3.05, 3.63) is 47.3 Å². The zero-order valence-corrected chi connectivity index (χ0v) is 10.8. The molecule has 0 aliphatic heterocycles.